The third kappa shape index (κ3) is 5.75. The summed E-state index contributed by atoms with van der Waals surface area (Å²) in [5.41, 5.74) is 2.05. The summed E-state index contributed by atoms with van der Waals surface area (Å²) in [5.74, 6) is 0.830. The molecule has 0 bridgehead atoms. The van der Waals surface area contributed by atoms with Crippen molar-refractivity contribution in [2.24, 2.45) is 0 Å². The van der Waals surface area contributed by atoms with Crippen molar-refractivity contribution in [3.05, 3.63) is 52.5 Å². The van der Waals surface area contributed by atoms with Crippen molar-refractivity contribution >= 4 is 29.2 Å². The number of carbonyl (C=O) groups excluding carboxylic acids is 1. The standard InChI is InChI=1S/C25H28N6O3S/c1-15(22-29-19(14-35-22)18-8-6-17(12-26)7-9-18)28-23-27-11-10-21(30-23)31-20(13-33-24(31)32)16(2)34-25(3,4)5/h6-11,14-16,20H,13H2,1-5H3,(H,27,28,30)/t15-,16+,20?/m0/s1. The van der Waals surface area contributed by atoms with E-state index in [1.54, 1.807) is 24.4 Å². The molecular formula is C25H28N6O3S. The molecule has 3 aromatic rings. The first kappa shape index (κ1) is 24.6. The highest BCUT2D eigenvalue weighted by atomic mass is 32.1. The Hall–Kier alpha value is -3.55. The lowest BCUT2D eigenvalue weighted by molar-refractivity contribution is -0.0618. The van der Waals surface area contributed by atoms with Crippen LogP contribution in [0.4, 0.5) is 16.6 Å². The van der Waals surface area contributed by atoms with Crippen molar-refractivity contribution in [1.29, 1.82) is 5.26 Å². The second-order valence-corrected chi connectivity index (χ2v) is 10.2. The lowest BCUT2D eigenvalue weighted by Gasteiger charge is -2.31. The van der Waals surface area contributed by atoms with Crippen LogP contribution in [0.3, 0.4) is 0 Å². The lowest BCUT2D eigenvalue weighted by atomic mass is 10.1. The number of aromatic nitrogens is 3. The first-order chi connectivity index (χ1) is 16.6. The van der Waals surface area contributed by atoms with Gasteiger partial charge < -0.3 is 14.8 Å². The molecule has 3 heterocycles. The second kappa shape index (κ2) is 9.98. The summed E-state index contributed by atoms with van der Waals surface area (Å²) in [6.07, 6.45) is 0.908. The number of thiazole rings is 1. The number of nitriles is 1. The van der Waals surface area contributed by atoms with Crippen LogP contribution in [0, 0.1) is 11.3 Å². The minimum Gasteiger partial charge on any atom is -0.447 e. The summed E-state index contributed by atoms with van der Waals surface area (Å²) in [6, 6.07) is 10.7. The van der Waals surface area contributed by atoms with Crippen LogP contribution in [0.2, 0.25) is 0 Å². The van der Waals surface area contributed by atoms with Crippen LogP contribution in [0.5, 0.6) is 0 Å². The van der Waals surface area contributed by atoms with E-state index >= 15 is 0 Å². The van der Waals surface area contributed by atoms with Crippen LogP contribution in [0.15, 0.2) is 41.9 Å². The largest absolute Gasteiger partial charge is 0.447 e. The van der Waals surface area contributed by atoms with Crippen molar-refractivity contribution in [2.75, 3.05) is 16.8 Å². The quantitative estimate of drug-likeness (QED) is 0.480. The Labute approximate surface area is 208 Å². The van der Waals surface area contributed by atoms with Gasteiger partial charge in [0.2, 0.25) is 5.95 Å². The van der Waals surface area contributed by atoms with E-state index in [2.05, 4.69) is 21.4 Å². The first-order valence-electron chi connectivity index (χ1n) is 11.3. The number of hydrogen-bond donors (Lipinski definition) is 1. The molecule has 1 unspecified atom stereocenters. The number of nitrogens with one attached hydrogen (secondary N) is 1. The van der Waals surface area contributed by atoms with E-state index in [4.69, 9.17) is 19.7 Å². The van der Waals surface area contributed by atoms with E-state index in [0.717, 1.165) is 16.3 Å². The third-order valence-electron chi connectivity index (χ3n) is 5.42. The molecule has 0 aliphatic carbocycles. The van der Waals surface area contributed by atoms with Gasteiger partial charge in [-0.25, -0.2) is 14.8 Å². The molecule has 9 nitrogen and oxygen atoms in total. The van der Waals surface area contributed by atoms with Gasteiger partial charge in [0, 0.05) is 17.1 Å². The van der Waals surface area contributed by atoms with Crippen LogP contribution in [0.25, 0.3) is 11.3 Å². The average molecular weight is 493 g/mol. The second-order valence-electron chi connectivity index (χ2n) is 9.31. The summed E-state index contributed by atoms with van der Waals surface area (Å²) in [4.78, 5) is 27.7. The normalized spacial score (nSPS) is 17.5. The molecule has 1 fully saturated rings. The third-order valence-corrected chi connectivity index (χ3v) is 6.45. The van der Waals surface area contributed by atoms with Crippen molar-refractivity contribution in [1.82, 2.24) is 15.0 Å². The predicted octanol–water partition coefficient (Wildman–Crippen LogP) is 5.17. The zero-order valence-electron chi connectivity index (χ0n) is 20.3. The number of benzene rings is 1. The molecule has 1 aliphatic rings. The number of rotatable bonds is 7. The molecule has 182 valence electrons. The van der Waals surface area contributed by atoms with Gasteiger partial charge in [0.1, 0.15) is 23.5 Å². The molecule has 0 radical (unpaired) electrons. The number of nitrogens with zero attached hydrogens (tertiary/aromatic N) is 5. The van der Waals surface area contributed by atoms with Gasteiger partial charge in [0.25, 0.3) is 0 Å². The van der Waals surface area contributed by atoms with E-state index in [0.29, 0.717) is 17.3 Å². The fraction of sp³-hybridized carbons (Fsp3) is 0.400. The maximum absolute atomic E-state index is 12.5. The minimum absolute atomic E-state index is 0.160. The zero-order valence-corrected chi connectivity index (χ0v) is 21.2. The minimum atomic E-state index is -0.455. The van der Waals surface area contributed by atoms with E-state index in [1.165, 1.54) is 16.2 Å². The van der Waals surface area contributed by atoms with Crippen molar-refractivity contribution in [2.45, 2.75) is 58.4 Å². The van der Waals surface area contributed by atoms with Crippen molar-refractivity contribution in [3.63, 3.8) is 0 Å². The average Bonchev–Trinajstić information content (AvgIpc) is 3.45. The Bertz CT molecular complexity index is 1230. The number of anilines is 2. The van der Waals surface area contributed by atoms with Crippen LogP contribution in [-0.2, 0) is 9.47 Å². The number of cyclic esters (lactones) is 1. The van der Waals surface area contributed by atoms with Crippen LogP contribution >= 0.6 is 11.3 Å². The Morgan fingerprint density at radius 1 is 1.23 bits per heavy atom. The van der Waals surface area contributed by atoms with Gasteiger partial charge in [-0.05, 0) is 52.8 Å². The summed E-state index contributed by atoms with van der Waals surface area (Å²) in [7, 11) is 0. The molecule has 1 aliphatic heterocycles. The number of hydrogen-bond acceptors (Lipinski definition) is 9. The van der Waals surface area contributed by atoms with E-state index in [9.17, 15) is 4.79 Å². The van der Waals surface area contributed by atoms with Crippen molar-refractivity contribution in [3.8, 4) is 17.3 Å². The molecule has 3 atom stereocenters. The van der Waals surface area contributed by atoms with Gasteiger partial charge in [0.05, 0.1) is 35.1 Å². The maximum atomic E-state index is 12.5. The molecule has 1 aromatic carbocycles. The molecule has 4 rings (SSSR count). The molecule has 1 saturated heterocycles. The molecule has 1 amide bonds. The molecule has 0 saturated carbocycles. The topological polar surface area (TPSA) is 113 Å². The Kier molecular flexibility index (Phi) is 7.00. The molecular weight excluding hydrogens is 464 g/mol. The molecule has 0 spiro atoms. The van der Waals surface area contributed by atoms with Crippen molar-refractivity contribution < 1.29 is 14.3 Å². The molecule has 10 heteroatoms. The molecule has 35 heavy (non-hydrogen) atoms. The van der Waals surface area contributed by atoms with Gasteiger partial charge in [-0.1, -0.05) is 12.1 Å². The highest BCUT2D eigenvalue weighted by molar-refractivity contribution is 7.10. The van der Waals surface area contributed by atoms with Gasteiger partial charge in [-0.2, -0.15) is 10.2 Å². The lowest BCUT2D eigenvalue weighted by Crippen LogP contribution is -2.45. The molecule has 1 N–H and O–H groups in total. The van der Waals surface area contributed by atoms with Gasteiger partial charge in [0.15, 0.2) is 0 Å². The maximum Gasteiger partial charge on any atom is 0.416 e. The van der Waals surface area contributed by atoms with Gasteiger partial charge >= 0.3 is 6.09 Å². The highest BCUT2D eigenvalue weighted by Crippen LogP contribution is 2.29. The Morgan fingerprint density at radius 2 is 1.97 bits per heavy atom. The van der Waals surface area contributed by atoms with E-state index in [1.807, 2.05) is 52.1 Å². The van der Waals surface area contributed by atoms with E-state index in [-0.39, 0.29) is 30.4 Å². The van der Waals surface area contributed by atoms with Crippen LogP contribution in [-0.4, -0.2) is 45.4 Å². The predicted molar refractivity (Wildman–Crippen MR) is 134 cm³/mol. The first-order valence-corrected chi connectivity index (χ1v) is 12.2. The monoisotopic (exact) mass is 492 g/mol. The Morgan fingerprint density at radius 3 is 2.66 bits per heavy atom. The fourth-order valence-electron chi connectivity index (χ4n) is 3.82. The summed E-state index contributed by atoms with van der Waals surface area (Å²) in [6.45, 7) is 10.1. The smallest absolute Gasteiger partial charge is 0.416 e. The summed E-state index contributed by atoms with van der Waals surface area (Å²) in [5, 5.41) is 15.1. The highest BCUT2D eigenvalue weighted by Gasteiger charge is 2.40. The molecule has 2 aromatic heterocycles. The number of amides is 1. The summed E-state index contributed by atoms with van der Waals surface area (Å²) < 4.78 is 11.4. The SMILES string of the molecule is C[C@H](Nc1nccc(N2C(=O)OCC2[C@@H](C)OC(C)(C)C)n1)c1nc(-c2ccc(C#N)cc2)cs1. The van der Waals surface area contributed by atoms with Gasteiger partial charge in [-0.3, -0.25) is 4.90 Å². The van der Waals surface area contributed by atoms with E-state index < -0.39 is 6.09 Å². The number of ether oxygens (including phenoxy) is 2. The fourth-order valence-corrected chi connectivity index (χ4v) is 4.66. The van der Waals surface area contributed by atoms with Crippen LogP contribution in [0.1, 0.15) is 51.2 Å². The zero-order chi connectivity index (χ0) is 25.2. The van der Waals surface area contributed by atoms with Crippen LogP contribution < -0.4 is 10.2 Å². The Balaban J connectivity index is 1.48. The number of carbonyl (C=O) groups is 1. The van der Waals surface area contributed by atoms with Gasteiger partial charge in [-0.15, -0.1) is 11.3 Å². The summed E-state index contributed by atoms with van der Waals surface area (Å²) >= 11 is 1.53.